The van der Waals surface area contributed by atoms with Gasteiger partial charge in [-0.15, -0.1) is 0 Å². The number of hydrogen-bond acceptors (Lipinski definition) is 5. The van der Waals surface area contributed by atoms with Crippen molar-refractivity contribution in [1.29, 1.82) is 0 Å². The highest BCUT2D eigenvalue weighted by atomic mass is 16.6. The summed E-state index contributed by atoms with van der Waals surface area (Å²) in [5.41, 5.74) is 0.984. The molecule has 0 aliphatic carbocycles. The lowest BCUT2D eigenvalue weighted by Crippen LogP contribution is -2.46. The Balaban J connectivity index is 2.11. The summed E-state index contributed by atoms with van der Waals surface area (Å²) in [5, 5.41) is 9.85. The first kappa shape index (κ1) is 19.1. The van der Waals surface area contributed by atoms with Gasteiger partial charge < -0.3 is 9.84 Å². The number of hydrogen-bond donors (Lipinski definition) is 1. The molecular weight excluding hydrogens is 322 g/mol. The lowest BCUT2D eigenvalue weighted by atomic mass is 9.89. The summed E-state index contributed by atoms with van der Waals surface area (Å²) < 4.78 is 5.04. The second-order valence-electron chi connectivity index (χ2n) is 6.52. The standard InChI is InChI=1S/C19H25NO5/c1-4-16(21)12(2)17(22)13(3)18(23)20-15(11-25-19(20)24)10-14-8-6-5-7-9-14/h5-9,12-13,15-16,21H,4,10-11H2,1-3H3/t12-,13+,15-,16+/m0/s1. The van der Waals surface area contributed by atoms with Crippen LogP contribution in [0.5, 0.6) is 0 Å². The molecule has 6 nitrogen and oxygen atoms in total. The highest BCUT2D eigenvalue weighted by Gasteiger charge is 2.42. The minimum atomic E-state index is -1.000. The lowest BCUT2D eigenvalue weighted by Gasteiger charge is -2.25. The van der Waals surface area contributed by atoms with E-state index in [1.165, 1.54) is 6.92 Å². The number of aliphatic hydroxyl groups excluding tert-OH is 1. The summed E-state index contributed by atoms with van der Waals surface area (Å²) in [7, 11) is 0. The monoisotopic (exact) mass is 347 g/mol. The van der Waals surface area contributed by atoms with Crippen molar-refractivity contribution in [3.8, 4) is 0 Å². The second-order valence-corrected chi connectivity index (χ2v) is 6.52. The average Bonchev–Trinajstić information content (AvgIpc) is 2.99. The van der Waals surface area contributed by atoms with Gasteiger partial charge in [0.25, 0.3) is 0 Å². The maximum atomic E-state index is 12.7. The SMILES string of the molecule is CC[C@@H](O)[C@H](C)C(=O)[C@@H](C)C(=O)N1C(=O)OC[C@@H]1Cc1ccccc1. The highest BCUT2D eigenvalue weighted by Crippen LogP contribution is 2.22. The van der Waals surface area contributed by atoms with E-state index in [1.54, 1.807) is 13.8 Å². The molecule has 4 atom stereocenters. The number of nitrogens with zero attached hydrogens (tertiary/aromatic N) is 1. The molecule has 0 saturated carbocycles. The molecule has 6 heteroatoms. The molecule has 0 unspecified atom stereocenters. The van der Waals surface area contributed by atoms with Gasteiger partial charge in [0.2, 0.25) is 5.91 Å². The molecule has 0 bridgehead atoms. The molecule has 1 aliphatic heterocycles. The van der Waals surface area contributed by atoms with E-state index in [4.69, 9.17) is 4.74 Å². The predicted molar refractivity (Wildman–Crippen MR) is 91.8 cm³/mol. The van der Waals surface area contributed by atoms with Crippen molar-refractivity contribution in [2.24, 2.45) is 11.8 Å². The number of Topliss-reactive ketones (excluding diaryl/α,β-unsaturated/α-hetero) is 1. The summed E-state index contributed by atoms with van der Waals surface area (Å²) in [6.45, 7) is 4.97. The van der Waals surface area contributed by atoms with Gasteiger partial charge in [-0.2, -0.15) is 0 Å². The molecular formula is C19H25NO5. The van der Waals surface area contributed by atoms with Crippen molar-refractivity contribution in [2.45, 2.75) is 45.8 Å². The van der Waals surface area contributed by atoms with Gasteiger partial charge in [0, 0.05) is 5.92 Å². The molecule has 0 spiro atoms. The highest BCUT2D eigenvalue weighted by molar-refractivity contribution is 6.07. The predicted octanol–water partition coefficient (Wildman–Crippen LogP) is 2.19. The van der Waals surface area contributed by atoms with Gasteiger partial charge in [-0.25, -0.2) is 9.69 Å². The van der Waals surface area contributed by atoms with Crippen LogP contribution in [0.2, 0.25) is 0 Å². The van der Waals surface area contributed by atoms with Crippen molar-refractivity contribution in [1.82, 2.24) is 4.90 Å². The molecule has 1 aromatic rings. The van der Waals surface area contributed by atoms with E-state index >= 15 is 0 Å². The van der Waals surface area contributed by atoms with Crippen molar-refractivity contribution in [3.05, 3.63) is 35.9 Å². The van der Waals surface area contributed by atoms with Crippen LogP contribution in [-0.2, 0) is 20.7 Å². The molecule has 136 valence electrons. The van der Waals surface area contributed by atoms with Gasteiger partial charge in [0.05, 0.1) is 18.1 Å². The normalized spacial score (nSPS) is 20.7. The van der Waals surface area contributed by atoms with Crippen molar-refractivity contribution >= 4 is 17.8 Å². The Labute approximate surface area is 147 Å². The molecule has 0 radical (unpaired) electrons. The Morgan fingerprint density at radius 2 is 1.92 bits per heavy atom. The van der Waals surface area contributed by atoms with E-state index in [-0.39, 0.29) is 12.4 Å². The van der Waals surface area contributed by atoms with Gasteiger partial charge in [-0.3, -0.25) is 9.59 Å². The first-order chi connectivity index (χ1) is 11.9. The molecule has 1 fully saturated rings. The number of rotatable bonds is 7. The van der Waals surface area contributed by atoms with Crippen LogP contribution in [0.3, 0.4) is 0 Å². The lowest BCUT2D eigenvalue weighted by molar-refractivity contribution is -0.141. The van der Waals surface area contributed by atoms with Crippen LogP contribution in [0.1, 0.15) is 32.8 Å². The van der Waals surface area contributed by atoms with Gasteiger partial charge in [0.15, 0.2) is 0 Å². The molecule has 1 heterocycles. The van der Waals surface area contributed by atoms with Crippen LogP contribution >= 0.6 is 0 Å². The fraction of sp³-hybridized carbons (Fsp3) is 0.526. The van der Waals surface area contributed by atoms with Crippen LogP contribution in [0.15, 0.2) is 30.3 Å². The first-order valence-electron chi connectivity index (χ1n) is 8.62. The minimum absolute atomic E-state index is 0.119. The number of benzene rings is 1. The average molecular weight is 347 g/mol. The minimum Gasteiger partial charge on any atom is -0.447 e. The number of carbonyl (C=O) groups excluding carboxylic acids is 3. The van der Waals surface area contributed by atoms with Gasteiger partial charge in [0.1, 0.15) is 12.4 Å². The van der Waals surface area contributed by atoms with E-state index < -0.39 is 36.0 Å². The topological polar surface area (TPSA) is 83.9 Å². The summed E-state index contributed by atoms with van der Waals surface area (Å²) in [4.78, 5) is 38.3. The molecule has 1 aliphatic rings. The maximum Gasteiger partial charge on any atom is 0.417 e. The third-order valence-corrected chi connectivity index (χ3v) is 4.75. The Bertz CT molecular complexity index is 630. The fourth-order valence-electron chi connectivity index (χ4n) is 3.03. The zero-order valence-corrected chi connectivity index (χ0v) is 14.8. The van der Waals surface area contributed by atoms with E-state index in [9.17, 15) is 19.5 Å². The van der Waals surface area contributed by atoms with Crippen LogP contribution in [0.4, 0.5) is 4.79 Å². The number of ether oxygens (including phenoxy) is 1. The first-order valence-corrected chi connectivity index (χ1v) is 8.62. The summed E-state index contributed by atoms with van der Waals surface area (Å²) in [6, 6.07) is 9.07. The fourth-order valence-corrected chi connectivity index (χ4v) is 3.03. The van der Waals surface area contributed by atoms with Crippen molar-refractivity contribution in [2.75, 3.05) is 6.61 Å². The largest absolute Gasteiger partial charge is 0.447 e. The molecule has 25 heavy (non-hydrogen) atoms. The Hall–Kier alpha value is -2.21. The zero-order valence-electron chi connectivity index (χ0n) is 14.8. The molecule has 2 rings (SSSR count). The summed E-state index contributed by atoms with van der Waals surface area (Å²) >= 11 is 0. The van der Waals surface area contributed by atoms with Crippen LogP contribution in [0, 0.1) is 11.8 Å². The number of amides is 2. The Morgan fingerprint density at radius 1 is 1.28 bits per heavy atom. The number of carbonyl (C=O) groups is 3. The Kier molecular flexibility index (Phi) is 6.31. The molecule has 2 amide bonds. The van der Waals surface area contributed by atoms with Gasteiger partial charge in [-0.05, 0) is 25.3 Å². The molecule has 1 N–H and O–H groups in total. The third kappa shape index (κ3) is 4.25. The molecule has 1 saturated heterocycles. The number of aliphatic hydroxyl groups is 1. The van der Waals surface area contributed by atoms with Crippen LogP contribution in [0.25, 0.3) is 0 Å². The summed E-state index contributed by atoms with van der Waals surface area (Å²) in [5.74, 6) is -2.59. The van der Waals surface area contributed by atoms with E-state index in [0.717, 1.165) is 10.5 Å². The molecule has 1 aromatic carbocycles. The van der Waals surface area contributed by atoms with Gasteiger partial charge >= 0.3 is 6.09 Å². The molecule has 0 aromatic heterocycles. The number of ketones is 1. The summed E-state index contributed by atoms with van der Waals surface area (Å²) in [6.07, 6.45) is -0.606. The maximum absolute atomic E-state index is 12.7. The van der Waals surface area contributed by atoms with Crippen LogP contribution < -0.4 is 0 Å². The smallest absolute Gasteiger partial charge is 0.417 e. The number of cyclic esters (lactones) is 1. The second kappa shape index (κ2) is 8.25. The van der Waals surface area contributed by atoms with Crippen LogP contribution in [-0.4, -0.2) is 46.5 Å². The third-order valence-electron chi connectivity index (χ3n) is 4.75. The van der Waals surface area contributed by atoms with E-state index in [0.29, 0.717) is 12.8 Å². The number of imide groups is 1. The quantitative estimate of drug-likeness (QED) is 0.765. The van der Waals surface area contributed by atoms with Crippen molar-refractivity contribution < 1.29 is 24.2 Å². The van der Waals surface area contributed by atoms with E-state index in [1.807, 2.05) is 30.3 Å². The van der Waals surface area contributed by atoms with Crippen molar-refractivity contribution in [3.63, 3.8) is 0 Å². The van der Waals surface area contributed by atoms with E-state index in [2.05, 4.69) is 0 Å². The Morgan fingerprint density at radius 3 is 2.52 bits per heavy atom. The zero-order chi connectivity index (χ0) is 18.6. The van der Waals surface area contributed by atoms with Gasteiger partial charge in [-0.1, -0.05) is 44.2 Å².